The van der Waals surface area contributed by atoms with E-state index >= 15 is 0 Å². The molecule has 0 atom stereocenters. The van der Waals surface area contributed by atoms with Gasteiger partial charge in [-0.2, -0.15) is 5.10 Å². The molecule has 6 heteroatoms. The van der Waals surface area contributed by atoms with Gasteiger partial charge < -0.3 is 4.90 Å². The van der Waals surface area contributed by atoms with E-state index in [4.69, 9.17) is 4.98 Å². The van der Waals surface area contributed by atoms with E-state index < -0.39 is 0 Å². The lowest BCUT2D eigenvalue weighted by molar-refractivity contribution is 0.195. The van der Waals surface area contributed by atoms with Crippen LogP contribution in [0.3, 0.4) is 0 Å². The molecule has 132 valence electrons. The molecule has 0 bridgehead atoms. The Kier molecular flexibility index (Phi) is 3.97. The van der Waals surface area contributed by atoms with Crippen molar-refractivity contribution in [2.75, 3.05) is 25.0 Å². The summed E-state index contributed by atoms with van der Waals surface area (Å²) in [5, 5.41) is 12.5. The molecule has 25 heavy (non-hydrogen) atoms. The normalized spacial score (nSPS) is 20.6. The van der Waals surface area contributed by atoms with Crippen molar-refractivity contribution in [3.8, 4) is 0 Å². The largest absolute Gasteiger partial charge is 0.352 e. The van der Waals surface area contributed by atoms with Crippen LogP contribution in [0.5, 0.6) is 0 Å². The van der Waals surface area contributed by atoms with Crippen LogP contribution in [0, 0.1) is 0 Å². The molecule has 1 saturated heterocycles. The lowest BCUT2D eigenvalue weighted by Crippen LogP contribution is -2.58. The molecule has 1 aliphatic heterocycles. The Labute approximate surface area is 153 Å². The van der Waals surface area contributed by atoms with Crippen molar-refractivity contribution in [1.82, 2.24) is 20.1 Å². The van der Waals surface area contributed by atoms with Gasteiger partial charge in [-0.25, -0.2) is 4.98 Å². The standard InChI is InChI=1S/C19H25N5S/c1-23(9-15-12-25-19(20-15)13-6-7-13)16-10-24(11-16)18-8-14-4-2-3-5-17(14)21-22-18/h8,12-13,16H,2-7,9-11H2,1H3. The van der Waals surface area contributed by atoms with E-state index in [9.17, 15) is 0 Å². The van der Waals surface area contributed by atoms with Gasteiger partial charge in [-0.3, -0.25) is 4.90 Å². The van der Waals surface area contributed by atoms with Crippen molar-refractivity contribution >= 4 is 17.2 Å². The molecule has 0 spiro atoms. The maximum absolute atomic E-state index is 4.82. The van der Waals surface area contributed by atoms with Crippen molar-refractivity contribution < 1.29 is 0 Å². The summed E-state index contributed by atoms with van der Waals surface area (Å²) in [6.45, 7) is 3.05. The predicted octanol–water partition coefficient (Wildman–Crippen LogP) is 3.01. The minimum atomic E-state index is 0.587. The Morgan fingerprint density at radius 2 is 2.04 bits per heavy atom. The summed E-state index contributed by atoms with van der Waals surface area (Å²) >= 11 is 1.84. The van der Waals surface area contributed by atoms with Gasteiger partial charge in [-0.1, -0.05) is 0 Å². The van der Waals surface area contributed by atoms with Gasteiger partial charge in [-0.05, 0) is 57.2 Å². The molecule has 2 aromatic heterocycles. The van der Waals surface area contributed by atoms with Gasteiger partial charge in [-0.15, -0.1) is 16.4 Å². The average Bonchev–Trinajstić information content (AvgIpc) is 3.33. The van der Waals surface area contributed by atoms with Gasteiger partial charge in [0.05, 0.1) is 16.4 Å². The summed E-state index contributed by atoms with van der Waals surface area (Å²) in [5.74, 6) is 1.83. The second-order valence-corrected chi connectivity index (χ2v) is 8.70. The van der Waals surface area contributed by atoms with Crippen molar-refractivity contribution in [2.24, 2.45) is 0 Å². The third kappa shape index (κ3) is 3.17. The molecule has 0 unspecified atom stereocenters. The van der Waals surface area contributed by atoms with E-state index in [0.717, 1.165) is 37.8 Å². The van der Waals surface area contributed by atoms with Crippen molar-refractivity contribution in [3.63, 3.8) is 0 Å². The molecule has 0 radical (unpaired) electrons. The third-order valence-electron chi connectivity index (χ3n) is 5.77. The SMILES string of the molecule is CN(Cc1csc(C2CC2)n1)C1CN(c2cc3c(nn2)CCCC3)C1. The number of aromatic nitrogens is 3. The minimum Gasteiger partial charge on any atom is -0.352 e. The molecule has 5 rings (SSSR count). The van der Waals surface area contributed by atoms with E-state index in [2.05, 4.69) is 38.5 Å². The first-order valence-electron chi connectivity index (χ1n) is 9.51. The molecule has 2 fully saturated rings. The third-order valence-corrected chi connectivity index (χ3v) is 6.83. The first-order chi connectivity index (χ1) is 12.3. The smallest absolute Gasteiger partial charge is 0.151 e. The second-order valence-electron chi connectivity index (χ2n) is 7.81. The van der Waals surface area contributed by atoms with Crippen LogP contribution in [0.2, 0.25) is 0 Å². The van der Waals surface area contributed by atoms with Gasteiger partial charge in [0.25, 0.3) is 0 Å². The van der Waals surface area contributed by atoms with Crippen LogP contribution >= 0.6 is 11.3 Å². The first-order valence-corrected chi connectivity index (χ1v) is 10.4. The van der Waals surface area contributed by atoms with Crippen LogP contribution in [-0.4, -0.2) is 46.3 Å². The van der Waals surface area contributed by atoms with Gasteiger partial charge >= 0.3 is 0 Å². The maximum atomic E-state index is 4.82. The van der Waals surface area contributed by atoms with Crippen molar-refractivity contribution in [1.29, 1.82) is 0 Å². The Balaban J connectivity index is 1.18. The fraction of sp³-hybridized carbons (Fsp3) is 0.632. The van der Waals surface area contributed by atoms with E-state index in [1.54, 1.807) is 0 Å². The number of fused-ring (bicyclic) bond motifs is 1. The van der Waals surface area contributed by atoms with E-state index in [1.807, 2.05) is 11.3 Å². The molecular formula is C19H25N5S. The van der Waals surface area contributed by atoms with Crippen molar-refractivity contribution in [3.05, 3.63) is 33.4 Å². The Morgan fingerprint density at radius 3 is 2.88 bits per heavy atom. The number of hydrogen-bond donors (Lipinski definition) is 0. The summed E-state index contributed by atoms with van der Waals surface area (Å²) < 4.78 is 0. The molecular weight excluding hydrogens is 330 g/mol. The zero-order valence-corrected chi connectivity index (χ0v) is 15.6. The monoisotopic (exact) mass is 355 g/mol. The lowest BCUT2D eigenvalue weighted by Gasteiger charge is -2.44. The number of anilines is 1. The fourth-order valence-corrected chi connectivity index (χ4v) is 4.83. The van der Waals surface area contributed by atoms with Gasteiger partial charge in [0, 0.05) is 37.0 Å². The molecule has 5 nitrogen and oxygen atoms in total. The molecule has 3 heterocycles. The molecule has 2 aliphatic carbocycles. The lowest BCUT2D eigenvalue weighted by atomic mass is 9.96. The van der Waals surface area contributed by atoms with Gasteiger partial charge in [0.1, 0.15) is 0 Å². The van der Waals surface area contributed by atoms with Crippen LogP contribution in [0.15, 0.2) is 11.4 Å². The summed E-state index contributed by atoms with van der Waals surface area (Å²) in [6.07, 6.45) is 7.49. The van der Waals surface area contributed by atoms with E-state index in [1.165, 1.54) is 54.1 Å². The number of likely N-dealkylation sites (N-methyl/N-ethyl adjacent to an activating group) is 1. The number of hydrogen-bond acceptors (Lipinski definition) is 6. The summed E-state index contributed by atoms with van der Waals surface area (Å²) in [6, 6.07) is 2.86. The van der Waals surface area contributed by atoms with E-state index in [0.29, 0.717) is 6.04 Å². The highest BCUT2D eigenvalue weighted by atomic mass is 32.1. The predicted molar refractivity (Wildman–Crippen MR) is 100 cm³/mol. The number of rotatable bonds is 5. The van der Waals surface area contributed by atoms with Crippen LogP contribution in [0.1, 0.15) is 53.6 Å². The quantitative estimate of drug-likeness (QED) is 0.825. The van der Waals surface area contributed by atoms with Gasteiger partial charge in [0.2, 0.25) is 0 Å². The summed E-state index contributed by atoms with van der Waals surface area (Å²) in [5.41, 5.74) is 3.88. The molecule has 0 aromatic carbocycles. The molecule has 3 aliphatic rings. The topological polar surface area (TPSA) is 45.2 Å². The Morgan fingerprint density at radius 1 is 1.20 bits per heavy atom. The molecule has 2 aromatic rings. The van der Waals surface area contributed by atoms with Crippen LogP contribution < -0.4 is 4.90 Å². The van der Waals surface area contributed by atoms with Crippen LogP contribution in [-0.2, 0) is 19.4 Å². The Hall–Kier alpha value is -1.53. The number of thiazole rings is 1. The molecule has 0 N–H and O–H groups in total. The van der Waals surface area contributed by atoms with Crippen LogP contribution in [0.4, 0.5) is 5.82 Å². The number of aryl methyl sites for hydroxylation is 2. The second kappa shape index (κ2) is 6.32. The zero-order chi connectivity index (χ0) is 16.8. The summed E-state index contributed by atoms with van der Waals surface area (Å²) in [4.78, 5) is 9.62. The average molecular weight is 356 g/mol. The molecule has 1 saturated carbocycles. The fourth-order valence-electron chi connectivity index (χ4n) is 3.85. The maximum Gasteiger partial charge on any atom is 0.151 e. The van der Waals surface area contributed by atoms with E-state index in [-0.39, 0.29) is 0 Å². The number of nitrogens with zero attached hydrogens (tertiary/aromatic N) is 5. The Bertz CT molecular complexity index is 763. The highest BCUT2D eigenvalue weighted by molar-refractivity contribution is 7.09. The van der Waals surface area contributed by atoms with Crippen molar-refractivity contribution in [2.45, 2.75) is 57.0 Å². The zero-order valence-electron chi connectivity index (χ0n) is 14.8. The highest BCUT2D eigenvalue weighted by Crippen LogP contribution is 2.41. The minimum absolute atomic E-state index is 0.587. The highest BCUT2D eigenvalue weighted by Gasteiger charge is 2.32. The summed E-state index contributed by atoms with van der Waals surface area (Å²) in [7, 11) is 2.22. The molecule has 0 amide bonds. The first kappa shape index (κ1) is 15.7. The van der Waals surface area contributed by atoms with Crippen LogP contribution in [0.25, 0.3) is 0 Å². The van der Waals surface area contributed by atoms with Gasteiger partial charge in [0.15, 0.2) is 5.82 Å².